The van der Waals surface area contributed by atoms with Crippen molar-refractivity contribution in [3.05, 3.63) is 0 Å². The molecule has 14 heavy (non-hydrogen) atoms. The van der Waals surface area contributed by atoms with Crippen LogP contribution in [0, 0.1) is 5.92 Å². The van der Waals surface area contributed by atoms with Crippen LogP contribution in [0.3, 0.4) is 0 Å². The SMILES string of the molecule is CCN1CCN(CC(N)C2CC2)CC1. The van der Waals surface area contributed by atoms with Crippen LogP contribution in [0.1, 0.15) is 19.8 Å². The van der Waals surface area contributed by atoms with Crippen molar-refractivity contribution in [2.45, 2.75) is 25.8 Å². The first kappa shape index (κ1) is 10.4. The number of hydrogen-bond acceptors (Lipinski definition) is 3. The topological polar surface area (TPSA) is 32.5 Å². The van der Waals surface area contributed by atoms with E-state index in [0.29, 0.717) is 6.04 Å². The van der Waals surface area contributed by atoms with Gasteiger partial charge >= 0.3 is 0 Å². The summed E-state index contributed by atoms with van der Waals surface area (Å²) >= 11 is 0. The van der Waals surface area contributed by atoms with E-state index >= 15 is 0 Å². The third kappa shape index (κ3) is 2.69. The van der Waals surface area contributed by atoms with E-state index in [1.54, 1.807) is 0 Å². The molecule has 1 saturated heterocycles. The molecule has 82 valence electrons. The van der Waals surface area contributed by atoms with Gasteiger partial charge in [-0.3, -0.25) is 4.90 Å². The maximum Gasteiger partial charge on any atom is 0.0196 e. The van der Waals surface area contributed by atoms with Gasteiger partial charge in [0.2, 0.25) is 0 Å². The van der Waals surface area contributed by atoms with Crippen molar-refractivity contribution >= 4 is 0 Å². The van der Waals surface area contributed by atoms with E-state index in [2.05, 4.69) is 16.7 Å². The predicted octanol–water partition coefficient (Wildman–Crippen LogP) is 0.361. The standard InChI is InChI=1S/C11H23N3/c1-2-13-5-7-14(8-6-13)9-11(12)10-3-4-10/h10-11H,2-9,12H2,1H3. The molecule has 0 aromatic rings. The Hall–Kier alpha value is -0.120. The van der Waals surface area contributed by atoms with E-state index in [9.17, 15) is 0 Å². The minimum absolute atomic E-state index is 0.447. The van der Waals surface area contributed by atoms with Gasteiger partial charge < -0.3 is 10.6 Å². The molecule has 2 N–H and O–H groups in total. The first-order valence-corrected chi connectivity index (χ1v) is 6.00. The Bertz CT molecular complexity index is 171. The average molecular weight is 197 g/mol. The Labute approximate surface area is 87.2 Å². The monoisotopic (exact) mass is 197 g/mol. The van der Waals surface area contributed by atoms with Crippen LogP contribution in [-0.4, -0.2) is 55.1 Å². The van der Waals surface area contributed by atoms with E-state index < -0.39 is 0 Å². The molecule has 2 fully saturated rings. The largest absolute Gasteiger partial charge is 0.326 e. The lowest BCUT2D eigenvalue weighted by atomic mass is 10.1. The summed E-state index contributed by atoms with van der Waals surface area (Å²) < 4.78 is 0. The van der Waals surface area contributed by atoms with Gasteiger partial charge in [-0.05, 0) is 25.3 Å². The fourth-order valence-corrected chi connectivity index (χ4v) is 2.26. The van der Waals surface area contributed by atoms with Crippen LogP contribution < -0.4 is 5.73 Å². The molecule has 3 nitrogen and oxygen atoms in total. The fraction of sp³-hybridized carbons (Fsp3) is 1.00. The van der Waals surface area contributed by atoms with Gasteiger partial charge in [0, 0.05) is 38.8 Å². The third-order valence-corrected chi connectivity index (χ3v) is 3.61. The smallest absolute Gasteiger partial charge is 0.0196 e. The summed E-state index contributed by atoms with van der Waals surface area (Å²) in [6, 6.07) is 0.447. The molecule has 0 aromatic heterocycles. The van der Waals surface area contributed by atoms with Crippen LogP contribution in [0.4, 0.5) is 0 Å². The first-order chi connectivity index (χ1) is 6.79. The van der Waals surface area contributed by atoms with Crippen LogP contribution in [0.25, 0.3) is 0 Å². The Balaban J connectivity index is 1.67. The van der Waals surface area contributed by atoms with E-state index in [1.165, 1.54) is 45.6 Å². The maximum absolute atomic E-state index is 6.12. The lowest BCUT2D eigenvalue weighted by Gasteiger charge is -2.35. The summed E-state index contributed by atoms with van der Waals surface area (Å²) in [6.07, 6.45) is 2.74. The quantitative estimate of drug-likeness (QED) is 0.706. The summed E-state index contributed by atoms with van der Waals surface area (Å²) in [4.78, 5) is 5.05. The normalized spacial score (nSPS) is 27.9. The summed E-state index contributed by atoms with van der Waals surface area (Å²) in [7, 11) is 0. The van der Waals surface area contributed by atoms with Crippen LogP contribution in [-0.2, 0) is 0 Å². The van der Waals surface area contributed by atoms with Crippen molar-refractivity contribution in [2.75, 3.05) is 39.3 Å². The molecule has 1 unspecified atom stereocenters. The molecule has 0 bridgehead atoms. The van der Waals surface area contributed by atoms with Crippen molar-refractivity contribution in [3.63, 3.8) is 0 Å². The van der Waals surface area contributed by atoms with Crippen molar-refractivity contribution in [2.24, 2.45) is 11.7 Å². The van der Waals surface area contributed by atoms with Gasteiger partial charge in [0.1, 0.15) is 0 Å². The molecule has 1 aliphatic heterocycles. The molecule has 3 heteroatoms. The van der Waals surface area contributed by atoms with Gasteiger partial charge in [-0.15, -0.1) is 0 Å². The summed E-state index contributed by atoms with van der Waals surface area (Å²) in [5.41, 5.74) is 6.12. The van der Waals surface area contributed by atoms with Crippen molar-refractivity contribution in [1.29, 1.82) is 0 Å². The molecule has 2 rings (SSSR count). The molecule has 0 aromatic carbocycles. The molecule has 0 radical (unpaired) electrons. The average Bonchev–Trinajstić information content (AvgIpc) is 3.02. The van der Waals surface area contributed by atoms with E-state index in [-0.39, 0.29) is 0 Å². The van der Waals surface area contributed by atoms with Gasteiger partial charge in [-0.1, -0.05) is 6.92 Å². The van der Waals surface area contributed by atoms with Crippen molar-refractivity contribution < 1.29 is 0 Å². The van der Waals surface area contributed by atoms with Crippen molar-refractivity contribution in [1.82, 2.24) is 9.80 Å². The maximum atomic E-state index is 6.12. The minimum atomic E-state index is 0.447. The highest BCUT2D eigenvalue weighted by atomic mass is 15.3. The number of nitrogens with two attached hydrogens (primary N) is 1. The molecule has 1 heterocycles. The first-order valence-electron chi connectivity index (χ1n) is 6.00. The Morgan fingerprint density at radius 3 is 2.21 bits per heavy atom. The second-order valence-corrected chi connectivity index (χ2v) is 4.74. The second-order valence-electron chi connectivity index (χ2n) is 4.74. The van der Waals surface area contributed by atoms with Gasteiger partial charge in [0.05, 0.1) is 0 Å². The van der Waals surface area contributed by atoms with Gasteiger partial charge in [0.15, 0.2) is 0 Å². The second kappa shape index (κ2) is 4.60. The number of nitrogens with zero attached hydrogens (tertiary/aromatic N) is 2. The summed E-state index contributed by atoms with van der Waals surface area (Å²) in [6.45, 7) is 9.46. The summed E-state index contributed by atoms with van der Waals surface area (Å²) in [5, 5.41) is 0. The Morgan fingerprint density at radius 2 is 1.71 bits per heavy atom. The number of likely N-dealkylation sites (N-methyl/N-ethyl adjacent to an activating group) is 1. The number of rotatable bonds is 4. The molecule has 1 aliphatic carbocycles. The molecule has 0 amide bonds. The number of hydrogen-bond donors (Lipinski definition) is 1. The molecule has 1 atom stereocenters. The van der Waals surface area contributed by atoms with Gasteiger partial charge in [0.25, 0.3) is 0 Å². The van der Waals surface area contributed by atoms with Gasteiger partial charge in [-0.25, -0.2) is 0 Å². The molecule has 0 spiro atoms. The zero-order valence-electron chi connectivity index (χ0n) is 9.28. The van der Waals surface area contributed by atoms with E-state index in [1.807, 2.05) is 0 Å². The number of piperazine rings is 1. The highest BCUT2D eigenvalue weighted by Gasteiger charge is 2.30. The lowest BCUT2D eigenvalue weighted by molar-refractivity contribution is 0.129. The summed E-state index contributed by atoms with van der Waals surface area (Å²) in [5.74, 6) is 0.846. The molecular formula is C11H23N3. The van der Waals surface area contributed by atoms with Crippen LogP contribution >= 0.6 is 0 Å². The molecular weight excluding hydrogens is 174 g/mol. The zero-order valence-corrected chi connectivity index (χ0v) is 9.28. The molecule has 2 aliphatic rings. The Kier molecular flexibility index (Phi) is 3.42. The van der Waals surface area contributed by atoms with Crippen LogP contribution in [0.5, 0.6) is 0 Å². The van der Waals surface area contributed by atoms with Crippen LogP contribution in [0.15, 0.2) is 0 Å². The predicted molar refractivity (Wildman–Crippen MR) is 59.3 cm³/mol. The van der Waals surface area contributed by atoms with Gasteiger partial charge in [-0.2, -0.15) is 0 Å². The Morgan fingerprint density at radius 1 is 1.14 bits per heavy atom. The minimum Gasteiger partial charge on any atom is -0.326 e. The molecule has 1 saturated carbocycles. The highest BCUT2D eigenvalue weighted by molar-refractivity contribution is 4.87. The zero-order chi connectivity index (χ0) is 9.97. The van der Waals surface area contributed by atoms with Crippen molar-refractivity contribution in [3.8, 4) is 0 Å². The van der Waals surface area contributed by atoms with E-state index in [0.717, 1.165) is 12.5 Å². The highest BCUT2D eigenvalue weighted by Crippen LogP contribution is 2.31. The van der Waals surface area contributed by atoms with E-state index in [4.69, 9.17) is 5.73 Å². The lowest BCUT2D eigenvalue weighted by Crippen LogP contribution is -2.50. The van der Waals surface area contributed by atoms with Crippen LogP contribution in [0.2, 0.25) is 0 Å². The third-order valence-electron chi connectivity index (χ3n) is 3.61. The fourth-order valence-electron chi connectivity index (χ4n) is 2.26.